The third-order valence-electron chi connectivity index (χ3n) is 3.29. The third-order valence-corrected chi connectivity index (χ3v) is 3.29. The van der Waals surface area contributed by atoms with E-state index in [1.54, 1.807) is 25.3 Å². The van der Waals surface area contributed by atoms with Crippen molar-refractivity contribution in [1.29, 1.82) is 0 Å². The van der Waals surface area contributed by atoms with Crippen LogP contribution in [-0.4, -0.2) is 21.5 Å². The largest absolute Gasteiger partial charge is 0.473 e. The topological polar surface area (TPSA) is 103 Å². The molecule has 2 heterocycles. The van der Waals surface area contributed by atoms with Gasteiger partial charge in [-0.05, 0) is 31.9 Å². The minimum atomic E-state index is -0.522. The zero-order valence-electron chi connectivity index (χ0n) is 12.1. The highest BCUT2D eigenvalue weighted by molar-refractivity contribution is 5.62. The standard InChI is InChI=1S/C14H16N4O4/c1-2-21-14-11(18(19)20)13(15-8-10-4-3-7-22-10)16-12(17-14)9-5-6-9/h3-4,7,9H,2,5-6,8H2,1H3,(H,15,16,17). The number of nitrogens with one attached hydrogen (secondary N) is 1. The summed E-state index contributed by atoms with van der Waals surface area (Å²) in [5.41, 5.74) is -0.238. The number of furan rings is 1. The number of anilines is 1. The Kier molecular flexibility index (Phi) is 3.90. The van der Waals surface area contributed by atoms with Crippen molar-refractivity contribution in [2.45, 2.75) is 32.2 Å². The van der Waals surface area contributed by atoms with Crippen LogP contribution in [0, 0.1) is 10.1 Å². The second-order valence-corrected chi connectivity index (χ2v) is 4.98. The first-order valence-corrected chi connectivity index (χ1v) is 7.14. The van der Waals surface area contributed by atoms with E-state index < -0.39 is 4.92 Å². The van der Waals surface area contributed by atoms with Crippen LogP contribution in [0.15, 0.2) is 22.8 Å². The zero-order chi connectivity index (χ0) is 15.5. The molecule has 0 atom stereocenters. The lowest BCUT2D eigenvalue weighted by Crippen LogP contribution is -2.10. The molecule has 0 saturated heterocycles. The highest BCUT2D eigenvalue weighted by atomic mass is 16.6. The van der Waals surface area contributed by atoms with Crippen molar-refractivity contribution >= 4 is 11.5 Å². The molecule has 8 heteroatoms. The van der Waals surface area contributed by atoms with E-state index in [4.69, 9.17) is 9.15 Å². The Balaban J connectivity index is 1.94. The molecule has 1 N–H and O–H groups in total. The minimum Gasteiger partial charge on any atom is -0.473 e. The van der Waals surface area contributed by atoms with Crippen molar-refractivity contribution in [3.63, 3.8) is 0 Å². The molecular weight excluding hydrogens is 288 g/mol. The summed E-state index contributed by atoms with van der Waals surface area (Å²) >= 11 is 0. The molecule has 116 valence electrons. The van der Waals surface area contributed by atoms with Crippen LogP contribution in [0.25, 0.3) is 0 Å². The van der Waals surface area contributed by atoms with Gasteiger partial charge in [-0.1, -0.05) is 0 Å². The fraction of sp³-hybridized carbons (Fsp3) is 0.429. The Hall–Kier alpha value is -2.64. The number of rotatable bonds is 7. The zero-order valence-corrected chi connectivity index (χ0v) is 12.1. The van der Waals surface area contributed by atoms with Crippen LogP contribution in [0.4, 0.5) is 11.5 Å². The van der Waals surface area contributed by atoms with Crippen LogP contribution in [0.3, 0.4) is 0 Å². The first-order valence-electron chi connectivity index (χ1n) is 7.14. The Morgan fingerprint density at radius 3 is 2.91 bits per heavy atom. The molecule has 1 aliphatic carbocycles. The lowest BCUT2D eigenvalue weighted by Gasteiger charge is -2.10. The highest BCUT2D eigenvalue weighted by Crippen LogP contribution is 2.42. The smallest absolute Gasteiger partial charge is 0.372 e. The van der Waals surface area contributed by atoms with E-state index in [0.717, 1.165) is 12.8 Å². The Morgan fingerprint density at radius 1 is 1.50 bits per heavy atom. The van der Waals surface area contributed by atoms with Gasteiger partial charge in [0.2, 0.25) is 5.82 Å². The van der Waals surface area contributed by atoms with E-state index in [-0.39, 0.29) is 23.3 Å². The fourth-order valence-corrected chi connectivity index (χ4v) is 2.08. The summed E-state index contributed by atoms with van der Waals surface area (Å²) in [5.74, 6) is 1.71. The fourth-order valence-electron chi connectivity index (χ4n) is 2.08. The summed E-state index contributed by atoms with van der Waals surface area (Å²) in [6.07, 6.45) is 3.55. The van der Waals surface area contributed by atoms with Gasteiger partial charge in [0.05, 0.1) is 24.3 Å². The van der Waals surface area contributed by atoms with Crippen LogP contribution < -0.4 is 10.1 Å². The molecule has 0 aromatic carbocycles. The van der Waals surface area contributed by atoms with Crippen LogP contribution in [0.1, 0.15) is 37.3 Å². The summed E-state index contributed by atoms with van der Waals surface area (Å²) in [6, 6.07) is 3.54. The molecule has 1 aliphatic rings. The lowest BCUT2D eigenvalue weighted by molar-refractivity contribution is -0.385. The van der Waals surface area contributed by atoms with E-state index in [0.29, 0.717) is 24.7 Å². The average Bonchev–Trinajstić information content (AvgIpc) is 3.21. The summed E-state index contributed by atoms with van der Waals surface area (Å²) in [7, 11) is 0. The van der Waals surface area contributed by atoms with Gasteiger partial charge in [0.1, 0.15) is 11.6 Å². The molecule has 0 aliphatic heterocycles. The van der Waals surface area contributed by atoms with Gasteiger partial charge in [0.25, 0.3) is 5.88 Å². The second kappa shape index (κ2) is 6.00. The van der Waals surface area contributed by atoms with Crippen LogP contribution in [-0.2, 0) is 6.54 Å². The molecule has 0 unspecified atom stereocenters. The predicted molar refractivity (Wildman–Crippen MR) is 77.9 cm³/mol. The number of aromatic nitrogens is 2. The van der Waals surface area contributed by atoms with Crippen LogP contribution in [0.5, 0.6) is 5.88 Å². The van der Waals surface area contributed by atoms with E-state index in [1.165, 1.54) is 0 Å². The van der Waals surface area contributed by atoms with Gasteiger partial charge in [-0.2, -0.15) is 4.98 Å². The number of hydrogen-bond acceptors (Lipinski definition) is 7. The molecule has 2 aromatic rings. The summed E-state index contributed by atoms with van der Waals surface area (Å²) in [4.78, 5) is 19.4. The van der Waals surface area contributed by atoms with Gasteiger partial charge in [0.15, 0.2) is 0 Å². The SMILES string of the molecule is CCOc1nc(C2CC2)nc(NCc2ccco2)c1[N+](=O)[O-]. The summed E-state index contributed by atoms with van der Waals surface area (Å²) < 4.78 is 10.6. The summed E-state index contributed by atoms with van der Waals surface area (Å²) in [6.45, 7) is 2.37. The maximum absolute atomic E-state index is 11.4. The van der Waals surface area contributed by atoms with Crippen molar-refractivity contribution in [3.8, 4) is 5.88 Å². The quantitative estimate of drug-likeness (QED) is 0.619. The van der Waals surface area contributed by atoms with E-state index in [9.17, 15) is 10.1 Å². The molecular formula is C14H16N4O4. The molecule has 22 heavy (non-hydrogen) atoms. The number of nitro groups is 1. The number of ether oxygens (including phenoxy) is 1. The van der Waals surface area contributed by atoms with E-state index >= 15 is 0 Å². The Morgan fingerprint density at radius 2 is 2.32 bits per heavy atom. The van der Waals surface area contributed by atoms with Crippen molar-refractivity contribution in [2.75, 3.05) is 11.9 Å². The number of nitrogens with zero attached hydrogens (tertiary/aromatic N) is 3. The van der Waals surface area contributed by atoms with Crippen LogP contribution in [0.2, 0.25) is 0 Å². The van der Waals surface area contributed by atoms with Crippen molar-refractivity contribution < 1.29 is 14.1 Å². The Labute approximate surface area is 126 Å². The molecule has 8 nitrogen and oxygen atoms in total. The molecule has 0 bridgehead atoms. The highest BCUT2D eigenvalue weighted by Gasteiger charge is 2.32. The van der Waals surface area contributed by atoms with Crippen molar-refractivity contribution in [2.24, 2.45) is 0 Å². The lowest BCUT2D eigenvalue weighted by atomic mass is 10.3. The maximum atomic E-state index is 11.4. The van der Waals surface area contributed by atoms with Gasteiger partial charge in [0, 0.05) is 5.92 Å². The number of hydrogen-bond donors (Lipinski definition) is 1. The second-order valence-electron chi connectivity index (χ2n) is 4.98. The summed E-state index contributed by atoms with van der Waals surface area (Å²) in [5, 5.41) is 14.3. The molecule has 0 amide bonds. The van der Waals surface area contributed by atoms with Gasteiger partial charge in [-0.15, -0.1) is 0 Å². The molecule has 0 spiro atoms. The van der Waals surface area contributed by atoms with E-state index in [2.05, 4.69) is 15.3 Å². The monoisotopic (exact) mass is 304 g/mol. The first kappa shape index (κ1) is 14.3. The third kappa shape index (κ3) is 3.00. The maximum Gasteiger partial charge on any atom is 0.372 e. The molecule has 3 rings (SSSR count). The average molecular weight is 304 g/mol. The molecule has 1 saturated carbocycles. The van der Waals surface area contributed by atoms with Crippen molar-refractivity contribution in [1.82, 2.24) is 9.97 Å². The van der Waals surface area contributed by atoms with Gasteiger partial charge in [-0.3, -0.25) is 10.1 Å². The molecule has 1 fully saturated rings. The van der Waals surface area contributed by atoms with Crippen LogP contribution >= 0.6 is 0 Å². The van der Waals surface area contributed by atoms with Crippen molar-refractivity contribution in [3.05, 3.63) is 40.1 Å². The minimum absolute atomic E-state index is 0.0198. The molecule has 2 aromatic heterocycles. The van der Waals surface area contributed by atoms with Gasteiger partial charge >= 0.3 is 5.69 Å². The van der Waals surface area contributed by atoms with Gasteiger partial charge < -0.3 is 14.5 Å². The first-order chi connectivity index (χ1) is 10.7. The molecule has 0 radical (unpaired) electrons. The Bertz CT molecular complexity index is 668. The van der Waals surface area contributed by atoms with Gasteiger partial charge in [-0.25, -0.2) is 4.98 Å². The van der Waals surface area contributed by atoms with E-state index in [1.807, 2.05) is 0 Å². The predicted octanol–water partition coefficient (Wildman–Crippen LogP) is 2.87. The normalized spacial score (nSPS) is 13.9.